The van der Waals surface area contributed by atoms with Crippen molar-refractivity contribution in [2.75, 3.05) is 5.73 Å². The molecule has 1 saturated heterocycles. The lowest BCUT2D eigenvalue weighted by Crippen LogP contribution is -2.35. The van der Waals surface area contributed by atoms with Crippen molar-refractivity contribution in [2.45, 2.75) is 45.0 Å². The van der Waals surface area contributed by atoms with E-state index in [4.69, 9.17) is 20.3 Å². The number of carboxylic acids is 1. The van der Waals surface area contributed by atoms with Gasteiger partial charge in [0.2, 0.25) is 0 Å². The van der Waals surface area contributed by atoms with E-state index in [1.54, 1.807) is 6.07 Å². The van der Waals surface area contributed by atoms with Gasteiger partial charge < -0.3 is 20.3 Å². The number of carbonyl (C=O) groups is 1. The molecule has 0 aromatic heterocycles. The van der Waals surface area contributed by atoms with Crippen LogP contribution in [0.5, 0.6) is 5.75 Å². The quantitative estimate of drug-likeness (QED) is 0.819. The summed E-state index contributed by atoms with van der Waals surface area (Å²) in [6, 6.07) is 4.51. The lowest BCUT2D eigenvalue weighted by atomic mass is 10.0. The highest BCUT2D eigenvalue weighted by Crippen LogP contribution is 2.28. The van der Waals surface area contributed by atoms with Gasteiger partial charge in [0.05, 0.1) is 23.5 Å². The van der Waals surface area contributed by atoms with Gasteiger partial charge in [0.15, 0.2) is 0 Å². The number of nitrogen functional groups attached to an aromatic ring is 1. The predicted octanol–water partition coefficient (Wildman–Crippen LogP) is 2.30. The average Bonchev–Trinajstić information content (AvgIpc) is 2.30. The minimum atomic E-state index is -0.987. The van der Waals surface area contributed by atoms with Gasteiger partial charge in [-0.05, 0) is 32.0 Å². The molecule has 5 nitrogen and oxygen atoms in total. The van der Waals surface area contributed by atoms with Crippen LogP contribution in [-0.4, -0.2) is 29.4 Å². The maximum absolute atomic E-state index is 10.9. The zero-order valence-electron chi connectivity index (χ0n) is 11.1. The summed E-state index contributed by atoms with van der Waals surface area (Å²) in [6.07, 6.45) is 1.84. The number of nitrogens with two attached hydrogens (primary N) is 1. The van der Waals surface area contributed by atoms with Crippen LogP contribution in [0.2, 0.25) is 0 Å². The summed E-state index contributed by atoms with van der Waals surface area (Å²) in [5.74, 6) is -0.551. The predicted molar refractivity (Wildman–Crippen MR) is 71.5 cm³/mol. The number of carboxylic acid groups (broad SMARTS) is 1. The Bertz CT molecular complexity index is 465. The molecule has 104 valence electrons. The van der Waals surface area contributed by atoms with E-state index in [2.05, 4.69) is 0 Å². The number of ether oxygens (including phenoxy) is 2. The van der Waals surface area contributed by atoms with E-state index in [0.29, 0.717) is 11.4 Å². The van der Waals surface area contributed by atoms with Gasteiger partial charge in [-0.3, -0.25) is 0 Å². The molecule has 1 aromatic carbocycles. The fraction of sp³-hybridized carbons (Fsp3) is 0.500. The van der Waals surface area contributed by atoms with Crippen LogP contribution in [0.15, 0.2) is 18.2 Å². The zero-order chi connectivity index (χ0) is 14.0. The molecule has 3 N–H and O–H groups in total. The van der Waals surface area contributed by atoms with Gasteiger partial charge >= 0.3 is 5.97 Å². The van der Waals surface area contributed by atoms with Crippen molar-refractivity contribution in [1.82, 2.24) is 0 Å². The van der Waals surface area contributed by atoms with E-state index in [-0.39, 0.29) is 23.9 Å². The van der Waals surface area contributed by atoms with Crippen molar-refractivity contribution in [1.29, 1.82) is 0 Å². The van der Waals surface area contributed by atoms with Crippen molar-refractivity contribution < 1.29 is 19.4 Å². The Hall–Kier alpha value is -1.75. The molecule has 2 atom stereocenters. The first-order valence-corrected chi connectivity index (χ1v) is 6.40. The molecule has 0 spiro atoms. The van der Waals surface area contributed by atoms with Crippen molar-refractivity contribution in [2.24, 2.45) is 0 Å². The summed E-state index contributed by atoms with van der Waals surface area (Å²) in [5.41, 5.74) is 6.46. The molecule has 0 aliphatic carbocycles. The fourth-order valence-corrected chi connectivity index (χ4v) is 2.39. The molecule has 0 saturated carbocycles. The normalized spacial score (nSPS) is 26.9. The van der Waals surface area contributed by atoms with Crippen LogP contribution in [0.3, 0.4) is 0 Å². The Morgan fingerprint density at radius 1 is 1.37 bits per heavy atom. The Kier molecular flexibility index (Phi) is 3.95. The van der Waals surface area contributed by atoms with Crippen molar-refractivity contribution >= 4 is 11.7 Å². The molecule has 1 heterocycles. The lowest BCUT2D eigenvalue weighted by molar-refractivity contribution is -0.0720. The van der Waals surface area contributed by atoms with Crippen molar-refractivity contribution in [3.63, 3.8) is 0 Å². The molecule has 1 aliphatic rings. The van der Waals surface area contributed by atoms with Crippen LogP contribution in [0.1, 0.15) is 37.0 Å². The van der Waals surface area contributed by atoms with Gasteiger partial charge in [-0.25, -0.2) is 4.79 Å². The minimum absolute atomic E-state index is 0.00472. The first-order valence-electron chi connectivity index (χ1n) is 6.40. The number of rotatable bonds is 3. The van der Waals surface area contributed by atoms with E-state index >= 15 is 0 Å². The highest BCUT2D eigenvalue weighted by molar-refractivity contribution is 5.89. The summed E-state index contributed by atoms with van der Waals surface area (Å²) >= 11 is 0. The molecule has 2 rings (SSSR count). The zero-order valence-corrected chi connectivity index (χ0v) is 11.1. The Balaban J connectivity index is 2.13. The SMILES string of the molecule is CC1CC(Oc2cc(C(=O)O)ccc2N)CC(C)O1. The minimum Gasteiger partial charge on any atom is -0.488 e. The number of aromatic carboxylic acids is 1. The van der Waals surface area contributed by atoms with E-state index < -0.39 is 5.97 Å². The summed E-state index contributed by atoms with van der Waals surface area (Å²) < 4.78 is 11.5. The van der Waals surface area contributed by atoms with Crippen LogP contribution in [0.25, 0.3) is 0 Å². The maximum Gasteiger partial charge on any atom is 0.335 e. The molecular formula is C14H19NO4. The monoisotopic (exact) mass is 265 g/mol. The molecule has 1 fully saturated rings. The Labute approximate surface area is 112 Å². The Morgan fingerprint density at radius 2 is 2.00 bits per heavy atom. The smallest absolute Gasteiger partial charge is 0.335 e. The van der Waals surface area contributed by atoms with Crippen LogP contribution < -0.4 is 10.5 Å². The first-order chi connectivity index (χ1) is 8.95. The van der Waals surface area contributed by atoms with E-state index in [1.807, 2.05) is 13.8 Å². The second-order valence-electron chi connectivity index (χ2n) is 5.03. The maximum atomic E-state index is 10.9. The highest BCUT2D eigenvalue weighted by Gasteiger charge is 2.26. The van der Waals surface area contributed by atoms with Gasteiger partial charge in [0, 0.05) is 12.8 Å². The largest absolute Gasteiger partial charge is 0.488 e. The molecular weight excluding hydrogens is 246 g/mol. The van der Waals surface area contributed by atoms with Crippen LogP contribution in [0.4, 0.5) is 5.69 Å². The molecule has 2 unspecified atom stereocenters. The summed E-state index contributed by atoms with van der Waals surface area (Å²) in [5, 5.41) is 8.97. The summed E-state index contributed by atoms with van der Waals surface area (Å²) in [7, 11) is 0. The third kappa shape index (κ3) is 3.38. The molecule has 0 amide bonds. The van der Waals surface area contributed by atoms with Gasteiger partial charge in [0.1, 0.15) is 11.9 Å². The lowest BCUT2D eigenvalue weighted by Gasteiger charge is -2.32. The van der Waals surface area contributed by atoms with Crippen molar-refractivity contribution in [3.8, 4) is 5.75 Å². The molecule has 0 radical (unpaired) electrons. The van der Waals surface area contributed by atoms with Gasteiger partial charge in [-0.15, -0.1) is 0 Å². The molecule has 5 heteroatoms. The van der Waals surface area contributed by atoms with Gasteiger partial charge in [0.25, 0.3) is 0 Å². The third-order valence-corrected chi connectivity index (χ3v) is 3.21. The molecule has 1 aromatic rings. The topological polar surface area (TPSA) is 81.8 Å². The van der Waals surface area contributed by atoms with Gasteiger partial charge in [-0.2, -0.15) is 0 Å². The van der Waals surface area contributed by atoms with Crippen LogP contribution in [-0.2, 0) is 4.74 Å². The third-order valence-electron chi connectivity index (χ3n) is 3.21. The standard InChI is InChI=1S/C14H19NO4/c1-8-5-11(6-9(2)18-8)19-13-7-10(14(16)17)3-4-12(13)15/h3-4,7-9,11H,5-6,15H2,1-2H3,(H,16,17). The first kappa shape index (κ1) is 13.7. The second kappa shape index (κ2) is 5.48. The molecule has 1 aliphatic heterocycles. The number of hydrogen-bond donors (Lipinski definition) is 2. The highest BCUT2D eigenvalue weighted by atomic mass is 16.5. The summed E-state index contributed by atoms with van der Waals surface area (Å²) in [6.45, 7) is 4.01. The van der Waals surface area contributed by atoms with Gasteiger partial charge in [-0.1, -0.05) is 0 Å². The van der Waals surface area contributed by atoms with E-state index in [0.717, 1.165) is 12.8 Å². The average molecular weight is 265 g/mol. The molecule has 0 bridgehead atoms. The van der Waals surface area contributed by atoms with Crippen LogP contribution >= 0.6 is 0 Å². The number of hydrogen-bond acceptors (Lipinski definition) is 4. The second-order valence-corrected chi connectivity index (χ2v) is 5.03. The van der Waals surface area contributed by atoms with Crippen LogP contribution in [0, 0.1) is 0 Å². The van der Waals surface area contributed by atoms with E-state index in [9.17, 15) is 4.79 Å². The Morgan fingerprint density at radius 3 is 2.58 bits per heavy atom. The van der Waals surface area contributed by atoms with Crippen molar-refractivity contribution in [3.05, 3.63) is 23.8 Å². The molecule has 19 heavy (non-hydrogen) atoms. The summed E-state index contributed by atoms with van der Waals surface area (Å²) in [4.78, 5) is 10.9. The van der Waals surface area contributed by atoms with E-state index in [1.165, 1.54) is 12.1 Å². The number of anilines is 1. The fourth-order valence-electron chi connectivity index (χ4n) is 2.39. The number of benzene rings is 1.